The largest absolute Gasteiger partial charge is 0.308 e. The van der Waals surface area contributed by atoms with E-state index < -0.39 is 0 Å². The average Bonchev–Trinajstić information content (AvgIpc) is 4.00. The van der Waals surface area contributed by atoms with E-state index in [0.717, 1.165) is 105 Å². The molecule has 0 aliphatic rings. The van der Waals surface area contributed by atoms with Crippen LogP contribution in [-0.4, -0.2) is 24.1 Å². The van der Waals surface area contributed by atoms with Crippen molar-refractivity contribution in [3.05, 3.63) is 247 Å². The van der Waals surface area contributed by atoms with Crippen LogP contribution in [0.25, 0.3) is 123 Å². The number of aromatic nitrogens is 5. The van der Waals surface area contributed by atoms with E-state index in [-0.39, 0.29) is 0 Å². The first-order valence-electron chi connectivity index (χ1n) is 24.2. The van der Waals surface area contributed by atoms with Crippen molar-refractivity contribution in [2.75, 3.05) is 0 Å². The Balaban J connectivity index is 1.11. The van der Waals surface area contributed by atoms with Crippen molar-refractivity contribution in [1.82, 2.24) is 24.1 Å². The summed E-state index contributed by atoms with van der Waals surface area (Å²) in [5.74, 6) is 1.37. The Labute approximate surface area is 425 Å². The molecule has 0 radical (unpaired) electrons. The lowest BCUT2D eigenvalue weighted by Crippen LogP contribution is -2.06. The van der Waals surface area contributed by atoms with Crippen LogP contribution in [0.4, 0.5) is 0 Å². The van der Waals surface area contributed by atoms with Gasteiger partial charge in [-0.05, 0) is 112 Å². The highest BCUT2D eigenvalue weighted by atomic mass is 15.1. The van der Waals surface area contributed by atoms with Crippen molar-refractivity contribution in [3.8, 4) is 97.1 Å². The molecule has 0 aliphatic heterocycles. The van der Waals surface area contributed by atoms with E-state index in [4.69, 9.17) is 15.0 Å². The van der Waals surface area contributed by atoms with E-state index in [1.165, 1.54) is 0 Å². The molecule has 0 fully saturated rings. The third kappa shape index (κ3) is 7.33. The molecule has 0 amide bonds. The first-order chi connectivity index (χ1) is 36.5. The fourth-order valence-electron chi connectivity index (χ4n) is 10.4. The Hall–Kier alpha value is -10.7. The van der Waals surface area contributed by atoms with E-state index >= 15 is 0 Å². The molecular weight excluding hydrogens is 905 g/mol. The minimum Gasteiger partial charge on any atom is -0.308 e. The second-order valence-electron chi connectivity index (χ2n) is 18.1. The highest BCUT2D eigenvalue weighted by Gasteiger charge is 2.24. The third-order valence-corrected chi connectivity index (χ3v) is 13.9. The van der Waals surface area contributed by atoms with E-state index in [1.54, 1.807) is 0 Å². The lowest BCUT2D eigenvalue weighted by atomic mass is 9.98. The smallest absolute Gasteiger partial charge is 0.166 e. The van der Waals surface area contributed by atoms with Gasteiger partial charge in [-0.15, -0.1) is 0 Å². The molecular formula is C66H38N8. The van der Waals surface area contributed by atoms with Gasteiger partial charge in [0.15, 0.2) is 17.5 Å². The summed E-state index contributed by atoms with van der Waals surface area (Å²) in [6.07, 6.45) is 0. The van der Waals surface area contributed by atoms with Crippen LogP contribution in [-0.2, 0) is 0 Å². The summed E-state index contributed by atoms with van der Waals surface area (Å²) in [6, 6.07) is 84.3. The summed E-state index contributed by atoms with van der Waals surface area (Å²) in [5.41, 5.74) is 15.2. The van der Waals surface area contributed by atoms with Gasteiger partial charge in [0.1, 0.15) is 0 Å². The summed E-state index contributed by atoms with van der Waals surface area (Å²) in [7, 11) is 0. The zero-order valence-corrected chi connectivity index (χ0v) is 39.5. The first kappa shape index (κ1) is 43.3. The zero-order valence-electron chi connectivity index (χ0n) is 39.5. The quantitative estimate of drug-likeness (QED) is 0.150. The van der Waals surface area contributed by atoms with E-state index in [0.29, 0.717) is 34.2 Å². The highest BCUT2D eigenvalue weighted by molar-refractivity contribution is 6.11. The van der Waals surface area contributed by atoms with Crippen molar-refractivity contribution in [2.24, 2.45) is 0 Å². The molecule has 13 rings (SSSR count). The summed E-state index contributed by atoms with van der Waals surface area (Å²) in [4.78, 5) is 16.3. The number of benzene rings is 10. The van der Waals surface area contributed by atoms with E-state index in [1.807, 2.05) is 97.1 Å². The van der Waals surface area contributed by atoms with Crippen molar-refractivity contribution in [1.29, 1.82) is 15.8 Å². The fraction of sp³-hybridized carbons (Fsp3) is 0. The van der Waals surface area contributed by atoms with Gasteiger partial charge < -0.3 is 9.13 Å². The Kier molecular flexibility index (Phi) is 10.5. The monoisotopic (exact) mass is 942 g/mol. The van der Waals surface area contributed by atoms with Crippen LogP contribution in [0.15, 0.2) is 231 Å². The van der Waals surface area contributed by atoms with Gasteiger partial charge in [0.05, 0.1) is 68.3 Å². The molecule has 0 N–H and O–H groups in total. The lowest BCUT2D eigenvalue weighted by Gasteiger charge is -2.18. The molecule has 342 valence electrons. The van der Waals surface area contributed by atoms with Crippen LogP contribution in [0.2, 0.25) is 0 Å². The molecule has 0 aliphatic carbocycles. The molecule has 0 unspecified atom stereocenters. The normalized spacial score (nSPS) is 11.2. The van der Waals surface area contributed by atoms with Gasteiger partial charge in [-0.25, -0.2) is 15.0 Å². The molecule has 3 aromatic heterocycles. The minimum atomic E-state index is 0.456. The Bertz CT molecular complexity index is 4190. The molecule has 3 heterocycles. The number of nitrogens with zero attached hydrogens (tertiary/aromatic N) is 8. The number of hydrogen-bond acceptors (Lipinski definition) is 6. The van der Waals surface area contributed by atoms with Gasteiger partial charge in [-0.2, -0.15) is 15.8 Å². The van der Waals surface area contributed by atoms with E-state index in [2.05, 4.69) is 161 Å². The summed E-state index contributed by atoms with van der Waals surface area (Å²) >= 11 is 0. The van der Waals surface area contributed by atoms with Gasteiger partial charge in [-0.1, -0.05) is 152 Å². The zero-order chi connectivity index (χ0) is 49.7. The van der Waals surface area contributed by atoms with Gasteiger partial charge in [0.25, 0.3) is 0 Å². The molecule has 10 aromatic carbocycles. The standard InChI is InChI=1S/C66H38N8/c67-39-42-13-11-16-46(35-42)48-31-33-56(62(37-48)73-58-23-7-3-19-52(58)53-20-4-8-24-59(53)73)65-70-64(45-29-27-44(28-30-45)51-18-2-1-15-50(51)41-69)71-66(72-65)57-34-32-49(47-17-12-14-43(36-47)40-68)38-63(57)74-60-25-9-5-21-54(60)55-22-6-10-26-61(55)74/h1-38H. The van der Waals surface area contributed by atoms with Crippen molar-refractivity contribution in [2.45, 2.75) is 0 Å². The van der Waals surface area contributed by atoms with Crippen LogP contribution < -0.4 is 0 Å². The van der Waals surface area contributed by atoms with Gasteiger partial charge in [0.2, 0.25) is 0 Å². The molecule has 8 heteroatoms. The highest BCUT2D eigenvalue weighted by Crippen LogP contribution is 2.41. The predicted molar refractivity (Wildman–Crippen MR) is 295 cm³/mol. The minimum absolute atomic E-state index is 0.456. The van der Waals surface area contributed by atoms with Crippen molar-refractivity contribution >= 4 is 43.6 Å². The summed E-state index contributed by atoms with van der Waals surface area (Å²) in [5, 5.41) is 34.4. The average molecular weight is 943 g/mol. The van der Waals surface area contributed by atoms with Gasteiger partial charge in [0, 0.05) is 38.2 Å². The molecule has 0 bridgehead atoms. The fourth-order valence-corrected chi connectivity index (χ4v) is 10.4. The lowest BCUT2D eigenvalue weighted by molar-refractivity contribution is 1.06. The van der Waals surface area contributed by atoms with E-state index in [9.17, 15) is 15.8 Å². The second-order valence-corrected chi connectivity index (χ2v) is 18.1. The van der Waals surface area contributed by atoms with Crippen LogP contribution in [0, 0.1) is 34.0 Å². The topological polar surface area (TPSA) is 120 Å². The number of para-hydroxylation sites is 4. The van der Waals surface area contributed by atoms with Crippen LogP contribution in [0.5, 0.6) is 0 Å². The van der Waals surface area contributed by atoms with Crippen LogP contribution >= 0.6 is 0 Å². The summed E-state index contributed by atoms with van der Waals surface area (Å²) < 4.78 is 4.58. The first-order valence-corrected chi connectivity index (χ1v) is 24.2. The maximum Gasteiger partial charge on any atom is 0.166 e. The Morgan fingerprint density at radius 3 is 1.11 bits per heavy atom. The van der Waals surface area contributed by atoms with Gasteiger partial charge >= 0.3 is 0 Å². The maximum atomic E-state index is 10.0. The third-order valence-electron chi connectivity index (χ3n) is 13.9. The number of hydrogen-bond donors (Lipinski definition) is 0. The molecule has 0 saturated carbocycles. The number of rotatable bonds is 8. The maximum absolute atomic E-state index is 10.0. The Morgan fingerprint density at radius 2 is 0.662 bits per heavy atom. The number of fused-ring (bicyclic) bond motifs is 6. The molecule has 0 spiro atoms. The van der Waals surface area contributed by atoms with Crippen molar-refractivity contribution < 1.29 is 0 Å². The van der Waals surface area contributed by atoms with Crippen molar-refractivity contribution in [3.63, 3.8) is 0 Å². The second kappa shape index (κ2) is 17.9. The molecule has 0 atom stereocenters. The van der Waals surface area contributed by atoms with Crippen LogP contribution in [0.3, 0.4) is 0 Å². The molecule has 0 saturated heterocycles. The Morgan fingerprint density at radius 1 is 0.284 bits per heavy atom. The molecule has 13 aromatic rings. The summed E-state index contributed by atoms with van der Waals surface area (Å²) in [6.45, 7) is 0. The molecule has 74 heavy (non-hydrogen) atoms. The molecule has 8 nitrogen and oxygen atoms in total. The van der Waals surface area contributed by atoms with Crippen LogP contribution in [0.1, 0.15) is 16.7 Å². The SMILES string of the molecule is N#Cc1cccc(-c2ccc(-c3nc(-c4ccc(-c5ccccc5C#N)cc4)nc(-c4ccc(-c5cccc(C#N)c5)cc4-n4c5ccccc5c5ccccc54)n3)c(-n3c4ccccc4c4ccccc43)c2)c1. The predicted octanol–water partition coefficient (Wildman–Crippen LogP) is 15.7. The number of nitriles is 3. The van der Waals surface area contributed by atoms with Gasteiger partial charge in [-0.3, -0.25) is 0 Å².